The molecule has 0 aromatic carbocycles. The second-order valence-electron chi connectivity index (χ2n) is 9.09. The molecule has 0 amide bonds. The fourth-order valence-electron chi connectivity index (χ4n) is 3.29. The van der Waals surface area contributed by atoms with Crippen LogP contribution in [0, 0.1) is 17.3 Å². The van der Waals surface area contributed by atoms with E-state index >= 15 is 0 Å². The van der Waals surface area contributed by atoms with Crippen LogP contribution in [-0.2, 0) is 4.79 Å². The lowest BCUT2D eigenvalue weighted by atomic mass is 9.81. The van der Waals surface area contributed by atoms with E-state index in [9.17, 15) is 4.79 Å². The molecule has 0 aliphatic rings. The molecular formula is C23H44O. The van der Waals surface area contributed by atoms with E-state index in [1.807, 2.05) is 0 Å². The Morgan fingerprint density at radius 3 is 2.08 bits per heavy atom. The van der Waals surface area contributed by atoms with Crippen molar-refractivity contribution in [2.24, 2.45) is 17.3 Å². The van der Waals surface area contributed by atoms with Crippen molar-refractivity contribution in [1.29, 1.82) is 0 Å². The number of hydrogen-bond acceptors (Lipinski definition) is 1. The summed E-state index contributed by atoms with van der Waals surface area (Å²) in [6, 6.07) is 0. The Hall–Kier alpha value is -0.590. The molecule has 0 aliphatic heterocycles. The lowest BCUT2D eigenvalue weighted by Gasteiger charge is -2.25. The monoisotopic (exact) mass is 336 g/mol. The normalized spacial score (nSPS) is 13.8. The summed E-state index contributed by atoms with van der Waals surface area (Å²) in [5.74, 6) is 2.04. The Balaban J connectivity index is 3.68. The molecule has 1 heteroatoms. The number of Topliss-reactive ketones (excluding diaryl/α,β-unsaturated/α-hetero) is 1. The molecular weight excluding hydrogens is 292 g/mol. The molecule has 0 saturated heterocycles. The first kappa shape index (κ1) is 23.4. The van der Waals surface area contributed by atoms with Crippen LogP contribution in [0.25, 0.3) is 0 Å². The molecule has 0 aromatic rings. The van der Waals surface area contributed by atoms with Crippen LogP contribution >= 0.6 is 0 Å². The minimum absolute atomic E-state index is 0.291. The first-order chi connectivity index (χ1) is 11.2. The highest BCUT2D eigenvalue weighted by molar-refractivity contribution is 5.75. The topological polar surface area (TPSA) is 17.1 Å². The third-order valence-electron chi connectivity index (χ3n) is 5.08. The number of allylic oxidation sites excluding steroid dienone is 2. The summed E-state index contributed by atoms with van der Waals surface area (Å²) in [6.07, 6.45) is 18.1. The molecule has 0 saturated carbocycles. The fourth-order valence-corrected chi connectivity index (χ4v) is 3.29. The van der Waals surface area contributed by atoms with Crippen LogP contribution in [0.1, 0.15) is 112 Å². The molecule has 1 unspecified atom stereocenters. The maximum Gasteiger partial charge on any atom is 0.130 e. The van der Waals surface area contributed by atoms with Gasteiger partial charge in [-0.25, -0.2) is 0 Å². The average Bonchev–Trinajstić information content (AvgIpc) is 2.45. The maximum atomic E-state index is 10.9. The Morgan fingerprint density at radius 2 is 1.46 bits per heavy atom. The van der Waals surface area contributed by atoms with E-state index in [-0.39, 0.29) is 0 Å². The van der Waals surface area contributed by atoms with Crippen LogP contribution in [0.3, 0.4) is 0 Å². The highest BCUT2D eigenvalue weighted by Crippen LogP contribution is 2.31. The van der Waals surface area contributed by atoms with Gasteiger partial charge in [0.15, 0.2) is 0 Å². The van der Waals surface area contributed by atoms with Crippen molar-refractivity contribution in [3.63, 3.8) is 0 Å². The standard InChI is InChI=1S/C23H44O/c1-20(2)14-12-15-21(3)16-13-19-23(5,6)18-11-9-7-8-10-17-22(4)24/h7-8,20-21H,9-19H2,1-6H3/b8-7+. The number of hydrogen-bond donors (Lipinski definition) is 0. The van der Waals surface area contributed by atoms with Crippen molar-refractivity contribution in [3.05, 3.63) is 12.2 Å². The lowest BCUT2D eigenvalue weighted by Crippen LogP contribution is -2.11. The van der Waals surface area contributed by atoms with E-state index in [1.165, 1.54) is 51.4 Å². The minimum Gasteiger partial charge on any atom is -0.300 e. The van der Waals surface area contributed by atoms with E-state index in [0.717, 1.165) is 24.7 Å². The number of unbranched alkanes of at least 4 members (excludes halogenated alkanes) is 1. The largest absolute Gasteiger partial charge is 0.300 e. The molecule has 24 heavy (non-hydrogen) atoms. The maximum absolute atomic E-state index is 10.9. The summed E-state index contributed by atoms with van der Waals surface area (Å²) < 4.78 is 0. The SMILES string of the molecule is CC(=O)CC/C=C/CCCC(C)(C)CCCC(C)CCCC(C)C. The van der Waals surface area contributed by atoms with Crippen LogP contribution < -0.4 is 0 Å². The third-order valence-corrected chi connectivity index (χ3v) is 5.08. The van der Waals surface area contributed by atoms with Gasteiger partial charge in [0, 0.05) is 6.42 Å². The van der Waals surface area contributed by atoms with Gasteiger partial charge < -0.3 is 4.79 Å². The van der Waals surface area contributed by atoms with Crippen LogP contribution in [0.2, 0.25) is 0 Å². The zero-order chi connectivity index (χ0) is 18.4. The Morgan fingerprint density at radius 1 is 0.875 bits per heavy atom. The molecule has 0 aliphatic carbocycles. The van der Waals surface area contributed by atoms with Gasteiger partial charge in [0.25, 0.3) is 0 Å². The molecule has 0 radical (unpaired) electrons. The van der Waals surface area contributed by atoms with Gasteiger partial charge in [-0.05, 0) is 56.3 Å². The van der Waals surface area contributed by atoms with Gasteiger partial charge in [-0.15, -0.1) is 0 Å². The number of carbonyl (C=O) groups excluding carboxylic acids is 1. The summed E-state index contributed by atoms with van der Waals surface area (Å²) in [6.45, 7) is 13.6. The van der Waals surface area contributed by atoms with Crippen molar-refractivity contribution < 1.29 is 4.79 Å². The summed E-state index contributed by atoms with van der Waals surface area (Å²) in [5, 5.41) is 0. The molecule has 1 nitrogen and oxygen atoms in total. The Kier molecular flexibility index (Phi) is 13.3. The number of rotatable bonds is 15. The molecule has 1 atom stereocenters. The molecule has 0 bridgehead atoms. The van der Waals surface area contributed by atoms with E-state index in [0.29, 0.717) is 17.6 Å². The van der Waals surface area contributed by atoms with Crippen LogP contribution in [0.4, 0.5) is 0 Å². The predicted octanol–water partition coefficient (Wildman–Crippen LogP) is 7.74. The van der Waals surface area contributed by atoms with Crippen molar-refractivity contribution in [2.75, 3.05) is 0 Å². The van der Waals surface area contributed by atoms with E-state index in [2.05, 4.69) is 46.8 Å². The van der Waals surface area contributed by atoms with Gasteiger partial charge >= 0.3 is 0 Å². The molecule has 0 aromatic heterocycles. The highest BCUT2D eigenvalue weighted by atomic mass is 16.1. The molecule has 0 fully saturated rings. The Labute approximate surface area is 152 Å². The second-order valence-corrected chi connectivity index (χ2v) is 9.09. The van der Waals surface area contributed by atoms with Gasteiger partial charge in [-0.2, -0.15) is 0 Å². The van der Waals surface area contributed by atoms with Gasteiger partial charge in [-0.3, -0.25) is 0 Å². The van der Waals surface area contributed by atoms with Crippen molar-refractivity contribution in [2.45, 2.75) is 112 Å². The Bertz CT molecular complexity index is 338. The van der Waals surface area contributed by atoms with E-state index in [1.54, 1.807) is 6.92 Å². The average molecular weight is 337 g/mol. The predicted molar refractivity (Wildman–Crippen MR) is 108 cm³/mol. The molecule has 142 valence electrons. The van der Waals surface area contributed by atoms with Gasteiger partial charge in [-0.1, -0.05) is 78.9 Å². The quantitative estimate of drug-likeness (QED) is 0.221. The first-order valence-corrected chi connectivity index (χ1v) is 10.4. The fraction of sp³-hybridized carbons (Fsp3) is 0.870. The smallest absolute Gasteiger partial charge is 0.130 e. The van der Waals surface area contributed by atoms with Gasteiger partial charge in [0.1, 0.15) is 5.78 Å². The lowest BCUT2D eigenvalue weighted by molar-refractivity contribution is -0.116. The second kappa shape index (κ2) is 13.7. The molecule has 0 heterocycles. The van der Waals surface area contributed by atoms with Crippen molar-refractivity contribution in [1.82, 2.24) is 0 Å². The number of ketones is 1. The zero-order valence-corrected chi connectivity index (χ0v) is 17.5. The molecule has 0 spiro atoms. The van der Waals surface area contributed by atoms with Crippen LogP contribution in [0.15, 0.2) is 12.2 Å². The minimum atomic E-state index is 0.291. The summed E-state index contributed by atoms with van der Waals surface area (Å²) in [5.41, 5.74) is 0.477. The van der Waals surface area contributed by atoms with Crippen LogP contribution in [0.5, 0.6) is 0 Å². The molecule has 0 N–H and O–H groups in total. The number of carbonyl (C=O) groups is 1. The molecule has 0 rings (SSSR count). The third kappa shape index (κ3) is 16.3. The van der Waals surface area contributed by atoms with Crippen LogP contribution in [-0.4, -0.2) is 5.78 Å². The summed E-state index contributed by atoms with van der Waals surface area (Å²) in [4.78, 5) is 10.9. The summed E-state index contributed by atoms with van der Waals surface area (Å²) >= 11 is 0. The first-order valence-electron chi connectivity index (χ1n) is 10.4. The van der Waals surface area contributed by atoms with Gasteiger partial charge in [0.05, 0.1) is 0 Å². The van der Waals surface area contributed by atoms with Crippen molar-refractivity contribution in [3.8, 4) is 0 Å². The zero-order valence-electron chi connectivity index (χ0n) is 17.5. The van der Waals surface area contributed by atoms with Gasteiger partial charge in [0.2, 0.25) is 0 Å². The van der Waals surface area contributed by atoms with E-state index < -0.39 is 0 Å². The highest BCUT2D eigenvalue weighted by Gasteiger charge is 2.17. The summed E-state index contributed by atoms with van der Waals surface area (Å²) in [7, 11) is 0. The van der Waals surface area contributed by atoms with E-state index in [4.69, 9.17) is 0 Å². The van der Waals surface area contributed by atoms with Crippen molar-refractivity contribution >= 4 is 5.78 Å².